The van der Waals surface area contributed by atoms with Gasteiger partial charge in [0.1, 0.15) is 12.2 Å². The highest BCUT2D eigenvalue weighted by molar-refractivity contribution is 5.73. The van der Waals surface area contributed by atoms with Gasteiger partial charge in [-0.2, -0.15) is 20.5 Å². The molecule has 5 aliphatic rings. The predicted molar refractivity (Wildman–Crippen MR) is 230 cm³/mol. The van der Waals surface area contributed by atoms with Crippen molar-refractivity contribution in [3.8, 4) is 0 Å². The molecule has 5 aliphatic carbocycles. The molecule has 0 aromatic heterocycles. The first-order chi connectivity index (χ1) is 28.5. The minimum atomic E-state index is -0.167. The molecule has 0 aromatic rings. The van der Waals surface area contributed by atoms with Crippen molar-refractivity contribution in [3.63, 3.8) is 0 Å². The first-order valence-corrected chi connectivity index (χ1v) is 24.9. The van der Waals surface area contributed by atoms with Crippen LogP contribution in [0.5, 0.6) is 0 Å². The molecule has 0 N–H and O–H groups in total. The van der Waals surface area contributed by atoms with Crippen molar-refractivity contribution >= 4 is 11.9 Å². The molecular weight excluding hydrogens is 729 g/mol. The van der Waals surface area contributed by atoms with E-state index in [1.807, 2.05) is 0 Å². The van der Waals surface area contributed by atoms with Gasteiger partial charge in [-0.3, -0.25) is 9.59 Å². The van der Waals surface area contributed by atoms with Gasteiger partial charge in [0.25, 0.3) is 0 Å². The summed E-state index contributed by atoms with van der Waals surface area (Å²) in [6.45, 7) is 6.32. The van der Waals surface area contributed by atoms with E-state index in [4.69, 9.17) is 39.4 Å². The van der Waals surface area contributed by atoms with Crippen molar-refractivity contribution in [2.75, 3.05) is 13.2 Å². The smallest absolute Gasteiger partial charge is 0.309 e. The van der Waals surface area contributed by atoms with Gasteiger partial charge in [-0.1, -0.05) is 78.1 Å². The Kier molecular flexibility index (Phi) is 22.6. The van der Waals surface area contributed by atoms with E-state index in [-0.39, 0.29) is 48.1 Å². The molecule has 10 heteroatoms. The quantitative estimate of drug-likeness (QED) is 0.0543. The maximum Gasteiger partial charge on any atom is 0.309 e. The fourth-order valence-electron chi connectivity index (χ4n) is 9.99. The molecule has 0 saturated heterocycles. The fraction of sp³-hybridized carbons (Fsp3) is 0.958. The van der Waals surface area contributed by atoms with Crippen molar-refractivity contribution in [2.24, 2.45) is 32.3 Å². The molecule has 0 radical (unpaired) electrons. The molecule has 10 nitrogen and oxygen atoms in total. The van der Waals surface area contributed by atoms with E-state index >= 15 is 0 Å². The van der Waals surface area contributed by atoms with E-state index in [9.17, 15) is 9.59 Å². The molecule has 5 saturated carbocycles. The van der Waals surface area contributed by atoms with Gasteiger partial charge in [0.05, 0.1) is 48.2 Å². The summed E-state index contributed by atoms with van der Waals surface area (Å²) >= 11 is 0. The third-order valence-electron chi connectivity index (χ3n) is 14.0. The number of rotatable bonds is 24. The van der Waals surface area contributed by atoms with Crippen LogP contribution < -0.4 is 0 Å². The molecule has 0 aliphatic heterocycles. The van der Waals surface area contributed by atoms with Crippen LogP contribution in [0.1, 0.15) is 219 Å². The van der Waals surface area contributed by atoms with Crippen molar-refractivity contribution < 1.29 is 28.5 Å². The lowest BCUT2D eigenvalue weighted by atomic mass is 9.86. The van der Waals surface area contributed by atoms with Crippen LogP contribution in [0, 0.1) is 11.8 Å². The number of unbranched alkanes of at least 4 members (excludes halogenated alkanes) is 10. The summed E-state index contributed by atoms with van der Waals surface area (Å²) in [5.41, 5.74) is 0. The molecule has 2 atom stereocenters. The fourth-order valence-corrected chi connectivity index (χ4v) is 9.99. The number of azo groups is 2. The number of carbonyl (C=O) groups excluding carboxylic acids is 2. The number of hydrogen-bond acceptors (Lipinski definition) is 10. The third-order valence-corrected chi connectivity index (χ3v) is 14.0. The summed E-state index contributed by atoms with van der Waals surface area (Å²) < 4.78 is 24.4. The molecule has 0 aromatic carbocycles. The molecule has 2 unspecified atom stereocenters. The van der Waals surface area contributed by atoms with Gasteiger partial charge in [0.2, 0.25) is 0 Å². The zero-order valence-corrected chi connectivity index (χ0v) is 37.1. The molecule has 332 valence electrons. The highest BCUT2D eigenvalue weighted by atomic mass is 16.6. The average Bonchev–Trinajstić information content (AvgIpc) is 3.25. The Morgan fingerprint density at radius 2 is 0.724 bits per heavy atom. The van der Waals surface area contributed by atoms with E-state index in [2.05, 4.69) is 13.8 Å². The van der Waals surface area contributed by atoms with Gasteiger partial charge in [-0.25, -0.2) is 0 Å². The van der Waals surface area contributed by atoms with Crippen LogP contribution in [0.3, 0.4) is 0 Å². The predicted octanol–water partition coefficient (Wildman–Crippen LogP) is 12.8. The topological polar surface area (TPSA) is 121 Å². The highest BCUT2D eigenvalue weighted by Gasteiger charge is 2.35. The molecule has 0 amide bonds. The normalized spacial score (nSPS) is 32.4. The highest BCUT2D eigenvalue weighted by Crippen LogP contribution is 2.34. The molecule has 0 spiro atoms. The second kappa shape index (κ2) is 27.8. The van der Waals surface area contributed by atoms with E-state index in [0.29, 0.717) is 30.7 Å². The lowest BCUT2D eigenvalue weighted by Crippen LogP contribution is -2.35. The lowest BCUT2D eigenvalue weighted by Gasteiger charge is -2.32. The summed E-state index contributed by atoms with van der Waals surface area (Å²) in [4.78, 5) is 26.4. The molecule has 0 bridgehead atoms. The largest absolute Gasteiger partial charge is 0.462 e. The Hall–Kier alpha value is -1.94. The zero-order chi connectivity index (χ0) is 40.6. The Balaban J connectivity index is 0.881. The molecule has 58 heavy (non-hydrogen) atoms. The van der Waals surface area contributed by atoms with E-state index in [0.717, 1.165) is 135 Å². The number of ether oxygens (including phenoxy) is 4. The van der Waals surface area contributed by atoms with Gasteiger partial charge in [0, 0.05) is 19.6 Å². The van der Waals surface area contributed by atoms with Gasteiger partial charge in [-0.15, -0.1) is 0 Å². The minimum absolute atomic E-state index is 0.0651. The second-order valence-electron chi connectivity index (χ2n) is 18.9. The monoisotopic (exact) mass is 813 g/mol. The standard InChI is InChI=1S/C48H84N4O6/c1-3-5-7-9-11-13-34-55-43-30-26-41(27-31-43)51-49-39-22-18-37(19-23-39)47(53)57-45-16-15-17-46(36-45)58-48(54)38-20-24-40(25-21-38)50-52-42-28-32-44(33-29-42)56-35-14-12-10-8-6-4-2/h37-46H,3-36H2,1-2H3. The molecule has 5 rings (SSSR count). The van der Waals surface area contributed by atoms with E-state index < -0.39 is 0 Å². The van der Waals surface area contributed by atoms with Crippen LogP contribution >= 0.6 is 0 Å². The van der Waals surface area contributed by atoms with Crippen LogP contribution in [0.25, 0.3) is 0 Å². The molecule has 5 fully saturated rings. The third kappa shape index (κ3) is 18.0. The Morgan fingerprint density at radius 1 is 0.397 bits per heavy atom. The van der Waals surface area contributed by atoms with Crippen LogP contribution in [-0.4, -0.2) is 73.7 Å². The van der Waals surface area contributed by atoms with Gasteiger partial charge < -0.3 is 18.9 Å². The maximum atomic E-state index is 13.2. The van der Waals surface area contributed by atoms with Crippen molar-refractivity contribution in [3.05, 3.63) is 0 Å². The van der Waals surface area contributed by atoms with Crippen LogP contribution in [0.15, 0.2) is 20.5 Å². The van der Waals surface area contributed by atoms with Gasteiger partial charge in [0.15, 0.2) is 0 Å². The van der Waals surface area contributed by atoms with Crippen molar-refractivity contribution in [2.45, 2.75) is 268 Å². The average molecular weight is 813 g/mol. The second-order valence-corrected chi connectivity index (χ2v) is 18.9. The van der Waals surface area contributed by atoms with E-state index in [1.54, 1.807) is 0 Å². The molecular formula is C48H84N4O6. The number of carbonyl (C=O) groups is 2. The summed E-state index contributed by atoms with van der Waals surface area (Å²) in [6, 6.07) is 1.06. The Labute approximate surface area is 353 Å². The van der Waals surface area contributed by atoms with Gasteiger partial charge in [-0.05, 0) is 135 Å². The van der Waals surface area contributed by atoms with Crippen molar-refractivity contribution in [1.82, 2.24) is 0 Å². The summed E-state index contributed by atoms with van der Waals surface area (Å²) in [7, 11) is 0. The first-order valence-electron chi connectivity index (χ1n) is 24.9. The SMILES string of the molecule is CCCCCCCCOC1CCC(N=NC2CCC(C(=O)OC3CCCC(OC(=O)C4CCC(N=NC5CCC(OCCCCCCCC)CC5)CC4)C3)CC2)CC1. The van der Waals surface area contributed by atoms with E-state index in [1.165, 1.54) is 77.0 Å². The van der Waals surface area contributed by atoms with Crippen LogP contribution in [-0.2, 0) is 28.5 Å². The summed E-state index contributed by atoms with van der Waals surface area (Å²) in [6.07, 6.45) is 34.7. The number of hydrogen-bond donors (Lipinski definition) is 0. The number of nitrogens with zero attached hydrogens (tertiary/aromatic N) is 4. The van der Waals surface area contributed by atoms with Crippen LogP contribution in [0.2, 0.25) is 0 Å². The lowest BCUT2D eigenvalue weighted by molar-refractivity contribution is -0.165. The zero-order valence-electron chi connectivity index (χ0n) is 37.1. The minimum Gasteiger partial charge on any atom is -0.462 e. The maximum absolute atomic E-state index is 13.2. The van der Waals surface area contributed by atoms with Crippen LogP contribution in [0.4, 0.5) is 0 Å². The summed E-state index contributed by atoms with van der Waals surface area (Å²) in [5.74, 6) is -0.289. The number of esters is 2. The Morgan fingerprint density at radius 3 is 1.09 bits per heavy atom. The summed E-state index contributed by atoms with van der Waals surface area (Å²) in [5, 5.41) is 19.0. The van der Waals surface area contributed by atoms with Gasteiger partial charge >= 0.3 is 11.9 Å². The first kappa shape index (κ1) is 47.1. The van der Waals surface area contributed by atoms with Crippen molar-refractivity contribution in [1.29, 1.82) is 0 Å². The molecule has 0 heterocycles. The Bertz CT molecular complexity index is 1080.